The lowest BCUT2D eigenvalue weighted by Gasteiger charge is -2.21. The zero-order valence-electron chi connectivity index (χ0n) is 17.3. The van der Waals surface area contributed by atoms with E-state index in [4.69, 9.17) is 5.73 Å². The van der Waals surface area contributed by atoms with Gasteiger partial charge < -0.3 is 16.4 Å². The van der Waals surface area contributed by atoms with Gasteiger partial charge in [-0.15, -0.1) is 11.3 Å². The Balaban J connectivity index is 1.38. The van der Waals surface area contributed by atoms with E-state index in [1.165, 1.54) is 29.7 Å². The van der Waals surface area contributed by atoms with Gasteiger partial charge in [0.2, 0.25) is 5.91 Å². The van der Waals surface area contributed by atoms with Crippen LogP contribution in [0.3, 0.4) is 0 Å². The molecule has 2 amide bonds. The lowest BCUT2D eigenvalue weighted by Crippen LogP contribution is -2.48. The molecule has 2 aliphatic rings. The van der Waals surface area contributed by atoms with Crippen molar-refractivity contribution < 1.29 is 9.59 Å². The number of rotatable bonds is 9. The molecule has 2 aliphatic carbocycles. The van der Waals surface area contributed by atoms with Crippen molar-refractivity contribution in [2.24, 2.45) is 11.7 Å². The van der Waals surface area contributed by atoms with E-state index in [2.05, 4.69) is 22.8 Å². The SMILES string of the molecule is N[C@@H](Cc1ccccc1)c1ccc(C(=O)N[C@@H](CC2CCCC2)C(=O)NC2CC2)s1. The molecule has 0 saturated heterocycles. The van der Waals surface area contributed by atoms with Crippen LogP contribution in [0.5, 0.6) is 0 Å². The van der Waals surface area contributed by atoms with Crippen LogP contribution in [0.4, 0.5) is 0 Å². The standard InChI is InChI=1S/C24H31N3O2S/c25-19(14-16-6-2-1-3-7-16)21-12-13-22(30-21)24(29)27-20(15-17-8-4-5-9-17)23(28)26-18-10-11-18/h1-3,6-7,12-13,17-20H,4-5,8-11,14-15,25H2,(H,26,28)(H,27,29)/t19-,20-/m0/s1. The zero-order valence-corrected chi connectivity index (χ0v) is 18.1. The Hall–Kier alpha value is -2.18. The van der Waals surface area contributed by atoms with Gasteiger partial charge in [0.05, 0.1) is 4.88 Å². The first kappa shape index (κ1) is 21.1. The molecule has 0 radical (unpaired) electrons. The zero-order chi connectivity index (χ0) is 20.9. The normalized spacial score (nSPS) is 18.7. The summed E-state index contributed by atoms with van der Waals surface area (Å²) in [7, 11) is 0. The van der Waals surface area contributed by atoms with Crippen LogP contribution in [0.25, 0.3) is 0 Å². The quantitative estimate of drug-likeness (QED) is 0.569. The van der Waals surface area contributed by atoms with Gasteiger partial charge in [0.1, 0.15) is 6.04 Å². The van der Waals surface area contributed by atoms with Crippen molar-refractivity contribution in [1.82, 2.24) is 10.6 Å². The number of nitrogens with one attached hydrogen (secondary N) is 2. The number of amides is 2. The molecule has 2 aromatic rings. The molecule has 0 unspecified atom stereocenters. The first-order valence-electron chi connectivity index (χ1n) is 11.1. The highest BCUT2D eigenvalue weighted by molar-refractivity contribution is 7.14. The van der Waals surface area contributed by atoms with E-state index in [0.29, 0.717) is 16.8 Å². The van der Waals surface area contributed by atoms with Gasteiger partial charge in [0, 0.05) is 17.0 Å². The van der Waals surface area contributed by atoms with Crippen LogP contribution < -0.4 is 16.4 Å². The van der Waals surface area contributed by atoms with Crippen LogP contribution in [0.15, 0.2) is 42.5 Å². The maximum absolute atomic E-state index is 12.9. The van der Waals surface area contributed by atoms with Crippen molar-refractivity contribution >= 4 is 23.2 Å². The van der Waals surface area contributed by atoms with Crippen molar-refractivity contribution in [3.05, 3.63) is 57.8 Å². The predicted molar refractivity (Wildman–Crippen MR) is 120 cm³/mol. The van der Waals surface area contributed by atoms with Crippen molar-refractivity contribution in [1.29, 1.82) is 0 Å². The Labute approximate surface area is 182 Å². The van der Waals surface area contributed by atoms with Gasteiger partial charge in [-0.3, -0.25) is 9.59 Å². The molecular weight excluding hydrogens is 394 g/mol. The summed E-state index contributed by atoms with van der Waals surface area (Å²) >= 11 is 1.42. The number of carbonyl (C=O) groups is 2. The Morgan fingerprint density at radius 2 is 1.77 bits per heavy atom. The summed E-state index contributed by atoms with van der Waals surface area (Å²) in [5.41, 5.74) is 7.55. The number of nitrogens with two attached hydrogens (primary N) is 1. The Morgan fingerprint density at radius 3 is 2.47 bits per heavy atom. The van der Waals surface area contributed by atoms with Gasteiger partial charge in [-0.05, 0) is 49.3 Å². The minimum Gasteiger partial charge on any atom is -0.352 e. The molecular formula is C24H31N3O2S. The Kier molecular flexibility index (Phi) is 6.85. The van der Waals surface area contributed by atoms with Crippen LogP contribution in [0.1, 0.15) is 71.1 Å². The molecule has 1 aromatic heterocycles. The first-order chi connectivity index (χ1) is 14.6. The van der Waals surface area contributed by atoms with Gasteiger partial charge in [-0.1, -0.05) is 56.0 Å². The third-order valence-corrected chi connectivity index (χ3v) is 7.32. The van der Waals surface area contributed by atoms with Crippen molar-refractivity contribution in [3.63, 3.8) is 0 Å². The summed E-state index contributed by atoms with van der Waals surface area (Å²) < 4.78 is 0. The third-order valence-electron chi connectivity index (χ3n) is 6.10. The highest BCUT2D eigenvalue weighted by atomic mass is 32.1. The fraction of sp³-hybridized carbons (Fsp3) is 0.500. The summed E-state index contributed by atoms with van der Waals surface area (Å²) in [4.78, 5) is 27.2. The highest BCUT2D eigenvalue weighted by Crippen LogP contribution is 2.30. The molecule has 2 saturated carbocycles. The molecule has 0 spiro atoms. The number of benzene rings is 1. The summed E-state index contributed by atoms with van der Waals surface area (Å²) in [5.74, 6) is 0.320. The van der Waals surface area contributed by atoms with E-state index >= 15 is 0 Å². The van der Waals surface area contributed by atoms with Crippen molar-refractivity contribution in [3.8, 4) is 0 Å². The maximum atomic E-state index is 12.9. The highest BCUT2D eigenvalue weighted by Gasteiger charge is 2.31. The molecule has 2 atom stereocenters. The molecule has 0 bridgehead atoms. The Morgan fingerprint density at radius 1 is 1.03 bits per heavy atom. The molecule has 1 aromatic carbocycles. The first-order valence-corrected chi connectivity index (χ1v) is 11.9. The van der Waals surface area contributed by atoms with Gasteiger partial charge >= 0.3 is 0 Å². The topological polar surface area (TPSA) is 84.2 Å². The fourth-order valence-corrected chi connectivity index (χ4v) is 5.12. The third kappa shape index (κ3) is 5.70. The minimum absolute atomic E-state index is 0.0321. The van der Waals surface area contributed by atoms with Crippen molar-refractivity contribution in [2.75, 3.05) is 0 Å². The largest absolute Gasteiger partial charge is 0.352 e. The predicted octanol–water partition coefficient (Wildman–Crippen LogP) is 3.95. The smallest absolute Gasteiger partial charge is 0.262 e. The van der Waals surface area contributed by atoms with Gasteiger partial charge in [-0.2, -0.15) is 0 Å². The molecule has 5 nitrogen and oxygen atoms in total. The van der Waals surface area contributed by atoms with E-state index in [1.807, 2.05) is 30.3 Å². The van der Waals surface area contributed by atoms with E-state index in [9.17, 15) is 9.59 Å². The lowest BCUT2D eigenvalue weighted by atomic mass is 9.97. The molecule has 4 N–H and O–H groups in total. The molecule has 0 aliphatic heterocycles. The second kappa shape index (κ2) is 9.75. The van der Waals surface area contributed by atoms with E-state index in [1.54, 1.807) is 0 Å². The summed E-state index contributed by atoms with van der Waals surface area (Å²) in [5, 5.41) is 6.08. The van der Waals surface area contributed by atoms with Crippen LogP contribution in [0.2, 0.25) is 0 Å². The van der Waals surface area contributed by atoms with E-state index in [-0.39, 0.29) is 17.9 Å². The van der Waals surface area contributed by atoms with E-state index in [0.717, 1.165) is 43.4 Å². The summed E-state index contributed by atoms with van der Waals surface area (Å²) in [6.07, 6.45) is 8.31. The van der Waals surface area contributed by atoms with Crippen LogP contribution >= 0.6 is 11.3 Å². The lowest BCUT2D eigenvalue weighted by molar-refractivity contribution is -0.123. The van der Waals surface area contributed by atoms with Crippen LogP contribution in [-0.4, -0.2) is 23.9 Å². The number of hydrogen-bond acceptors (Lipinski definition) is 4. The van der Waals surface area contributed by atoms with E-state index < -0.39 is 6.04 Å². The van der Waals surface area contributed by atoms with Gasteiger partial charge in [0.25, 0.3) is 5.91 Å². The molecule has 2 fully saturated rings. The average Bonchev–Trinajstić information content (AvgIpc) is 3.20. The fourth-order valence-electron chi connectivity index (χ4n) is 4.21. The molecule has 4 rings (SSSR count). The molecule has 1 heterocycles. The van der Waals surface area contributed by atoms with Crippen LogP contribution in [0, 0.1) is 5.92 Å². The molecule has 160 valence electrons. The monoisotopic (exact) mass is 425 g/mol. The number of hydrogen-bond donors (Lipinski definition) is 3. The molecule has 30 heavy (non-hydrogen) atoms. The summed E-state index contributed by atoms with van der Waals surface area (Å²) in [6, 6.07) is 13.6. The van der Waals surface area contributed by atoms with Gasteiger partial charge in [-0.25, -0.2) is 0 Å². The number of thiophene rings is 1. The average molecular weight is 426 g/mol. The second-order valence-corrected chi connectivity index (χ2v) is 9.81. The molecule has 6 heteroatoms. The minimum atomic E-state index is -0.454. The van der Waals surface area contributed by atoms with Crippen molar-refractivity contribution in [2.45, 2.75) is 69.5 Å². The number of carbonyl (C=O) groups excluding carboxylic acids is 2. The van der Waals surface area contributed by atoms with Gasteiger partial charge in [0.15, 0.2) is 0 Å². The Bertz CT molecular complexity index is 856. The van der Waals surface area contributed by atoms with Crippen LogP contribution in [-0.2, 0) is 11.2 Å². The maximum Gasteiger partial charge on any atom is 0.262 e. The second-order valence-electron chi connectivity index (χ2n) is 8.69. The summed E-state index contributed by atoms with van der Waals surface area (Å²) in [6.45, 7) is 0.